The van der Waals surface area contributed by atoms with Crippen molar-refractivity contribution in [1.82, 2.24) is 15.0 Å². The van der Waals surface area contributed by atoms with Crippen molar-refractivity contribution in [3.63, 3.8) is 0 Å². The van der Waals surface area contributed by atoms with Gasteiger partial charge in [0.25, 0.3) is 5.91 Å². The monoisotopic (exact) mass is 334 g/mol. The van der Waals surface area contributed by atoms with Crippen molar-refractivity contribution in [1.29, 1.82) is 0 Å². The van der Waals surface area contributed by atoms with E-state index in [0.29, 0.717) is 17.6 Å². The minimum absolute atomic E-state index is 0.0352. The summed E-state index contributed by atoms with van der Waals surface area (Å²) in [4.78, 5) is 26.9. The van der Waals surface area contributed by atoms with Gasteiger partial charge in [-0.1, -0.05) is 36.4 Å². The number of fused-ring (bicyclic) bond motifs is 1. The number of para-hydroxylation sites is 1. The number of carbonyl (C=O) groups is 2. The van der Waals surface area contributed by atoms with Gasteiger partial charge < -0.3 is 4.90 Å². The molecule has 1 aliphatic heterocycles. The van der Waals surface area contributed by atoms with E-state index in [4.69, 9.17) is 0 Å². The van der Waals surface area contributed by atoms with E-state index >= 15 is 0 Å². The zero-order chi connectivity index (χ0) is 17.4. The van der Waals surface area contributed by atoms with Crippen LogP contribution in [0.2, 0.25) is 0 Å². The van der Waals surface area contributed by atoms with Gasteiger partial charge >= 0.3 is 0 Å². The number of hydrogen-bond donors (Lipinski definition) is 0. The summed E-state index contributed by atoms with van der Waals surface area (Å²) >= 11 is 0. The molecule has 126 valence electrons. The third kappa shape index (κ3) is 2.69. The van der Waals surface area contributed by atoms with Gasteiger partial charge in [-0.2, -0.15) is 4.68 Å². The summed E-state index contributed by atoms with van der Waals surface area (Å²) < 4.78 is 1.32. The van der Waals surface area contributed by atoms with Gasteiger partial charge in [-0.25, -0.2) is 0 Å². The molecule has 2 heterocycles. The maximum Gasteiger partial charge on any atom is 0.254 e. The normalized spacial score (nSPS) is 17.4. The summed E-state index contributed by atoms with van der Waals surface area (Å²) in [7, 11) is 0. The predicted octanol–water partition coefficient (Wildman–Crippen LogP) is 2.69. The molecule has 0 spiro atoms. The minimum atomic E-state index is -0.413. The van der Waals surface area contributed by atoms with Crippen LogP contribution in [0.3, 0.4) is 0 Å². The Labute approximate surface area is 145 Å². The SMILES string of the molecule is CCc1ccc(N2CC(C(=O)n3nnc4ccccc43)CC2=O)cc1. The van der Waals surface area contributed by atoms with E-state index in [-0.39, 0.29) is 18.2 Å². The van der Waals surface area contributed by atoms with Crippen molar-refractivity contribution in [3.8, 4) is 0 Å². The zero-order valence-electron chi connectivity index (χ0n) is 13.9. The highest BCUT2D eigenvalue weighted by Crippen LogP contribution is 2.27. The summed E-state index contributed by atoms with van der Waals surface area (Å²) in [5, 5.41) is 7.99. The van der Waals surface area contributed by atoms with E-state index in [9.17, 15) is 9.59 Å². The number of anilines is 1. The topological polar surface area (TPSA) is 68.1 Å². The van der Waals surface area contributed by atoms with Crippen LogP contribution in [0.4, 0.5) is 5.69 Å². The van der Waals surface area contributed by atoms with Crippen molar-refractivity contribution in [2.45, 2.75) is 19.8 Å². The molecule has 0 radical (unpaired) electrons. The molecule has 1 unspecified atom stereocenters. The maximum absolute atomic E-state index is 12.8. The molecule has 1 aromatic heterocycles. The number of carbonyl (C=O) groups excluding carboxylic acids is 2. The summed E-state index contributed by atoms with van der Waals surface area (Å²) in [6.07, 6.45) is 1.15. The minimum Gasteiger partial charge on any atom is -0.312 e. The van der Waals surface area contributed by atoms with Gasteiger partial charge in [0.2, 0.25) is 5.91 Å². The molecule has 2 aromatic carbocycles. The Kier molecular flexibility index (Phi) is 3.80. The third-order valence-corrected chi connectivity index (χ3v) is 4.69. The van der Waals surface area contributed by atoms with Crippen molar-refractivity contribution in [2.75, 3.05) is 11.4 Å². The van der Waals surface area contributed by atoms with Gasteiger partial charge in [0.1, 0.15) is 5.52 Å². The van der Waals surface area contributed by atoms with Crippen LogP contribution in [0.5, 0.6) is 0 Å². The lowest BCUT2D eigenvalue weighted by Crippen LogP contribution is -2.28. The van der Waals surface area contributed by atoms with E-state index < -0.39 is 5.92 Å². The van der Waals surface area contributed by atoms with Crippen LogP contribution < -0.4 is 4.90 Å². The van der Waals surface area contributed by atoms with Gasteiger partial charge in [-0.3, -0.25) is 9.59 Å². The molecule has 25 heavy (non-hydrogen) atoms. The highest BCUT2D eigenvalue weighted by atomic mass is 16.2. The van der Waals surface area contributed by atoms with Gasteiger partial charge in [-0.15, -0.1) is 5.10 Å². The quantitative estimate of drug-likeness (QED) is 0.738. The Bertz CT molecular complexity index is 945. The maximum atomic E-state index is 12.8. The summed E-state index contributed by atoms with van der Waals surface area (Å²) in [6, 6.07) is 15.2. The first kappa shape index (κ1) is 15.5. The number of rotatable bonds is 3. The molecule has 4 rings (SSSR count). The molecule has 1 aliphatic rings. The van der Waals surface area contributed by atoms with Crippen LogP contribution in [-0.2, 0) is 11.2 Å². The van der Waals surface area contributed by atoms with Crippen molar-refractivity contribution in [2.24, 2.45) is 5.92 Å². The second-order valence-electron chi connectivity index (χ2n) is 6.25. The molecule has 3 aromatic rings. The van der Waals surface area contributed by atoms with Gasteiger partial charge in [-0.05, 0) is 36.2 Å². The molecule has 6 nitrogen and oxygen atoms in total. The zero-order valence-corrected chi connectivity index (χ0v) is 13.9. The standard InChI is InChI=1S/C19H18N4O2/c1-2-13-7-9-15(10-8-13)22-12-14(11-18(22)24)19(25)23-17-6-4-3-5-16(17)20-21-23/h3-10,14H,2,11-12H2,1H3. The van der Waals surface area contributed by atoms with E-state index in [1.165, 1.54) is 10.2 Å². The largest absolute Gasteiger partial charge is 0.312 e. The molecular formula is C19H18N4O2. The molecular weight excluding hydrogens is 316 g/mol. The molecule has 0 aliphatic carbocycles. The summed E-state index contributed by atoms with van der Waals surface area (Å²) in [6.45, 7) is 2.46. The lowest BCUT2D eigenvalue weighted by atomic mass is 10.1. The summed E-state index contributed by atoms with van der Waals surface area (Å²) in [5.74, 6) is -0.634. The van der Waals surface area contributed by atoms with Crippen molar-refractivity contribution in [3.05, 3.63) is 54.1 Å². The van der Waals surface area contributed by atoms with Crippen molar-refractivity contribution < 1.29 is 9.59 Å². The van der Waals surface area contributed by atoms with E-state index in [1.54, 1.807) is 4.90 Å². The van der Waals surface area contributed by atoms with Crippen molar-refractivity contribution >= 4 is 28.5 Å². The van der Waals surface area contributed by atoms with E-state index in [1.807, 2.05) is 48.5 Å². The van der Waals surface area contributed by atoms with Gasteiger partial charge in [0.15, 0.2) is 0 Å². The fourth-order valence-corrected chi connectivity index (χ4v) is 3.24. The highest BCUT2D eigenvalue weighted by molar-refractivity contribution is 6.01. The van der Waals surface area contributed by atoms with Crippen LogP contribution in [0.15, 0.2) is 48.5 Å². The third-order valence-electron chi connectivity index (χ3n) is 4.69. The van der Waals surface area contributed by atoms with Gasteiger partial charge in [0, 0.05) is 18.7 Å². The smallest absolute Gasteiger partial charge is 0.254 e. The van der Waals surface area contributed by atoms with E-state index in [2.05, 4.69) is 17.2 Å². The Hall–Kier alpha value is -3.02. The van der Waals surface area contributed by atoms with Crippen LogP contribution in [0.1, 0.15) is 23.7 Å². The van der Waals surface area contributed by atoms with Crippen LogP contribution in [-0.4, -0.2) is 33.4 Å². The first-order valence-corrected chi connectivity index (χ1v) is 8.41. The Morgan fingerprint density at radius 1 is 1.16 bits per heavy atom. The number of amides is 1. The number of aromatic nitrogens is 3. The summed E-state index contributed by atoms with van der Waals surface area (Å²) in [5.41, 5.74) is 3.40. The Morgan fingerprint density at radius 3 is 2.68 bits per heavy atom. The number of hydrogen-bond acceptors (Lipinski definition) is 4. The van der Waals surface area contributed by atoms with Gasteiger partial charge in [0.05, 0.1) is 11.4 Å². The Morgan fingerprint density at radius 2 is 1.92 bits per heavy atom. The second kappa shape index (κ2) is 6.12. The first-order valence-electron chi connectivity index (χ1n) is 8.41. The predicted molar refractivity (Wildman–Crippen MR) is 94.4 cm³/mol. The average molecular weight is 334 g/mol. The molecule has 6 heteroatoms. The highest BCUT2D eigenvalue weighted by Gasteiger charge is 2.36. The molecule has 0 bridgehead atoms. The molecule has 1 fully saturated rings. The lowest BCUT2D eigenvalue weighted by molar-refractivity contribution is -0.117. The molecule has 0 saturated carbocycles. The average Bonchev–Trinajstić information content (AvgIpc) is 3.25. The number of benzene rings is 2. The molecule has 1 amide bonds. The lowest BCUT2D eigenvalue weighted by Gasteiger charge is -2.16. The molecule has 1 atom stereocenters. The fourth-order valence-electron chi connectivity index (χ4n) is 3.24. The van der Waals surface area contributed by atoms with Crippen LogP contribution in [0.25, 0.3) is 11.0 Å². The fraction of sp³-hybridized carbons (Fsp3) is 0.263. The first-order chi connectivity index (χ1) is 12.2. The van der Waals surface area contributed by atoms with Crippen LogP contribution >= 0.6 is 0 Å². The van der Waals surface area contributed by atoms with Crippen LogP contribution in [0, 0.1) is 5.92 Å². The number of aryl methyl sites for hydroxylation is 1. The number of nitrogens with zero attached hydrogens (tertiary/aromatic N) is 4. The Balaban J connectivity index is 1.58. The van der Waals surface area contributed by atoms with E-state index in [0.717, 1.165) is 12.1 Å². The molecule has 1 saturated heterocycles. The second-order valence-corrected chi connectivity index (χ2v) is 6.25. The molecule has 0 N–H and O–H groups in total.